The van der Waals surface area contributed by atoms with Crippen molar-refractivity contribution in [2.75, 3.05) is 0 Å². The molecule has 1 fully saturated rings. The second kappa shape index (κ2) is 4.17. The van der Waals surface area contributed by atoms with Crippen molar-refractivity contribution in [2.24, 2.45) is 5.92 Å². The van der Waals surface area contributed by atoms with Gasteiger partial charge in [0, 0.05) is 6.07 Å². The van der Waals surface area contributed by atoms with Crippen LogP contribution in [0.5, 0.6) is 5.75 Å². The van der Waals surface area contributed by atoms with E-state index in [0.29, 0.717) is 5.92 Å². The van der Waals surface area contributed by atoms with Crippen LogP contribution in [0.25, 0.3) is 0 Å². The van der Waals surface area contributed by atoms with E-state index in [1.165, 1.54) is 18.6 Å². The monoisotopic (exact) mass is 212 g/mol. The Labute approximate surface area is 88.1 Å². The normalized spacial score (nSPS) is 18.3. The third kappa shape index (κ3) is 2.28. The first-order valence-corrected chi connectivity index (χ1v) is 5.28. The Kier molecular flexibility index (Phi) is 2.89. The molecule has 3 heteroatoms. The number of ether oxygens (including phenoxy) is 1. The minimum Gasteiger partial charge on any atom is -0.487 e. The maximum atomic E-state index is 13.2. The zero-order valence-corrected chi connectivity index (χ0v) is 8.67. The van der Waals surface area contributed by atoms with Crippen LogP contribution in [0, 0.1) is 17.6 Å². The Morgan fingerprint density at radius 2 is 2.07 bits per heavy atom. The van der Waals surface area contributed by atoms with E-state index in [9.17, 15) is 8.78 Å². The van der Waals surface area contributed by atoms with Gasteiger partial charge in [-0.1, -0.05) is 6.42 Å². The third-order valence-corrected chi connectivity index (χ3v) is 3.02. The zero-order valence-electron chi connectivity index (χ0n) is 8.67. The molecule has 0 aromatic heterocycles. The Hall–Kier alpha value is -1.12. The SMILES string of the molecule is CC(Oc1ccc(F)cc1F)C1CCC1. The van der Waals surface area contributed by atoms with Crippen LogP contribution in [0.15, 0.2) is 18.2 Å². The average Bonchev–Trinajstić information content (AvgIpc) is 2.07. The van der Waals surface area contributed by atoms with E-state index in [-0.39, 0.29) is 11.9 Å². The van der Waals surface area contributed by atoms with Gasteiger partial charge in [-0.2, -0.15) is 0 Å². The summed E-state index contributed by atoms with van der Waals surface area (Å²) >= 11 is 0. The van der Waals surface area contributed by atoms with Crippen LogP contribution in [0.4, 0.5) is 8.78 Å². The van der Waals surface area contributed by atoms with Gasteiger partial charge in [-0.05, 0) is 37.8 Å². The van der Waals surface area contributed by atoms with Gasteiger partial charge in [0.2, 0.25) is 0 Å². The van der Waals surface area contributed by atoms with E-state index in [2.05, 4.69) is 0 Å². The maximum Gasteiger partial charge on any atom is 0.167 e. The highest BCUT2D eigenvalue weighted by Gasteiger charge is 2.25. The first-order valence-electron chi connectivity index (χ1n) is 5.28. The number of rotatable bonds is 3. The van der Waals surface area contributed by atoms with E-state index in [4.69, 9.17) is 4.74 Å². The van der Waals surface area contributed by atoms with Crippen molar-refractivity contribution < 1.29 is 13.5 Å². The summed E-state index contributed by atoms with van der Waals surface area (Å²) in [6, 6.07) is 3.41. The van der Waals surface area contributed by atoms with Crippen molar-refractivity contribution >= 4 is 0 Å². The highest BCUT2D eigenvalue weighted by atomic mass is 19.1. The molecule has 1 unspecified atom stereocenters. The Bertz CT molecular complexity index is 347. The van der Waals surface area contributed by atoms with Gasteiger partial charge in [0.15, 0.2) is 11.6 Å². The molecule has 0 amide bonds. The second-order valence-electron chi connectivity index (χ2n) is 4.09. The van der Waals surface area contributed by atoms with E-state index in [1.807, 2.05) is 6.92 Å². The standard InChI is InChI=1S/C12H14F2O/c1-8(9-3-2-4-9)15-12-6-5-10(13)7-11(12)14/h5-9H,2-4H2,1H3. The summed E-state index contributed by atoms with van der Waals surface area (Å²) in [7, 11) is 0. The minimum absolute atomic E-state index is 0.0127. The molecular formula is C12H14F2O. The zero-order chi connectivity index (χ0) is 10.8. The molecule has 1 saturated carbocycles. The molecule has 0 N–H and O–H groups in total. The summed E-state index contributed by atoms with van der Waals surface area (Å²) in [6.07, 6.45) is 3.52. The molecular weight excluding hydrogens is 198 g/mol. The Morgan fingerprint density at radius 1 is 1.33 bits per heavy atom. The molecule has 0 radical (unpaired) electrons. The van der Waals surface area contributed by atoms with Gasteiger partial charge in [-0.15, -0.1) is 0 Å². The van der Waals surface area contributed by atoms with E-state index in [1.54, 1.807) is 0 Å². The average molecular weight is 212 g/mol. The number of benzene rings is 1. The predicted octanol–water partition coefficient (Wildman–Crippen LogP) is 3.53. The molecule has 1 atom stereocenters. The quantitative estimate of drug-likeness (QED) is 0.744. The second-order valence-corrected chi connectivity index (χ2v) is 4.09. The summed E-state index contributed by atoms with van der Waals surface area (Å²) in [6.45, 7) is 1.94. The number of halogens is 2. The Balaban J connectivity index is 2.03. The largest absolute Gasteiger partial charge is 0.487 e. The summed E-state index contributed by atoms with van der Waals surface area (Å²) in [5.74, 6) is -0.525. The highest BCUT2D eigenvalue weighted by Crippen LogP contribution is 2.32. The van der Waals surface area contributed by atoms with Crippen molar-refractivity contribution in [3.8, 4) is 5.75 Å². The van der Waals surface area contributed by atoms with Gasteiger partial charge in [0.05, 0.1) is 6.10 Å². The molecule has 0 bridgehead atoms. The lowest BCUT2D eigenvalue weighted by Crippen LogP contribution is -2.29. The van der Waals surface area contributed by atoms with Crippen molar-refractivity contribution in [3.63, 3.8) is 0 Å². The van der Waals surface area contributed by atoms with Gasteiger partial charge in [-0.25, -0.2) is 8.78 Å². The summed E-state index contributed by atoms with van der Waals surface area (Å²) in [5.41, 5.74) is 0. The fourth-order valence-corrected chi connectivity index (χ4v) is 1.78. The summed E-state index contributed by atoms with van der Waals surface area (Å²) in [4.78, 5) is 0. The number of hydrogen-bond donors (Lipinski definition) is 0. The molecule has 0 saturated heterocycles. The van der Waals surface area contributed by atoms with Crippen LogP contribution in [0.1, 0.15) is 26.2 Å². The molecule has 15 heavy (non-hydrogen) atoms. The summed E-state index contributed by atoms with van der Waals surface area (Å²) in [5, 5.41) is 0. The molecule has 1 nitrogen and oxygen atoms in total. The molecule has 0 spiro atoms. The van der Waals surface area contributed by atoms with Crippen LogP contribution in [0.3, 0.4) is 0 Å². The van der Waals surface area contributed by atoms with Gasteiger partial charge in [0.25, 0.3) is 0 Å². The highest BCUT2D eigenvalue weighted by molar-refractivity contribution is 5.24. The molecule has 1 aliphatic carbocycles. The molecule has 1 aromatic carbocycles. The van der Waals surface area contributed by atoms with Crippen LogP contribution in [-0.2, 0) is 0 Å². The van der Waals surface area contributed by atoms with E-state index < -0.39 is 11.6 Å². The molecule has 0 aliphatic heterocycles. The van der Waals surface area contributed by atoms with Crippen molar-refractivity contribution in [2.45, 2.75) is 32.3 Å². The number of hydrogen-bond acceptors (Lipinski definition) is 1. The fraction of sp³-hybridized carbons (Fsp3) is 0.500. The van der Waals surface area contributed by atoms with Gasteiger partial charge in [0.1, 0.15) is 5.82 Å². The lowest BCUT2D eigenvalue weighted by atomic mass is 9.82. The van der Waals surface area contributed by atoms with Crippen LogP contribution in [-0.4, -0.2) is 6.10 Å². The van der Waals surface area contributed by atoms with Crippen LogP contribution in [0.2, 0.25) is 0 Å². The fourth-order valence-electron chi connectivity index (χ4n) is 1.78. The first-order chi connectivity index (χ1) is 7.16. The van der Waals surface area contributed by atoms with Crippen molar-refractivity contribution in [3.05, 3.63) is 29.8 Å². The minimum atomic E-state index is -0.624. The van der Waals surface area contributed by atoms with E-state index in [0.717, 1.165) is 18.9 Å². The molecule has 0 heterocycles. The van der Waals surface area contributed by atoms with Crippen molar-refractivity contribution in [1.82, 2.24) is 0 Å². The van der Waals surface area contributed by atoms with Crippen molar-refractivity contribution in [1.29, 1.82) is 0 Å². The van der Waals surface area contributed by atoms with Gasteiger partial charge in [-0.3, -0.25) is 0 Å². The van der Waals surface area contributed by atoms with Crippen LogP contribution < -0.4 is 4.74 Å². The lowest BCUT2D eigenvalue weighted by molar-refractivity contribution is 0.0948. The topological polar surface area (TPSA) is 9.23 Å². The lowest BCUT2D eigenvalue weighted by Gasteiger charge is -2.31. The molecule has 1 aromatic rings. The van der Waals surface area contributed by atoms with Gasteiger partial charge < -0.3 is 4.74 Å². The predicted molar refractivity (Wildman–Crippen MR) is 53.8 cm³/mol. The van der Waals surface area contributed by atoms with Crippen LogP contribution >= 0.6 is 0 Å². The third-order valence-electron chi connectivity index (χ3n) is 3.02. The van der Waals surface area contributed by atoms with E-state index >= 15 is 0 Å². The summed E-state index contributed by atoms with van der Waals surface area (Å²) < 4.78 is 31.3. The smallest absolute Gasteiger partial charge is 0.167 e. The Morgan fingerprint density at radius 3 is 2.60 bits per heavy atom. The maximum absolute atomic E-state index is 13.2. The molecule has 82 valence electrons. The first kappa shape index (κ1) is 10.4. The van der Waals surface area contributed by atoms with Gasteiger partial charge >= 0.3 is 0 Å². The molecule has 1 aliphatic rings. The molecule has 2 rings (SSSR count).